The van der Waals surface area contributed by atoms with Crippen LogP contribution >= 0.6 is 0 Å². The molecule has 1 atom stereocenters. The van der Waals surface area contributed by atoms with Gasteiger partial charge in [0.2, 0.25) is 0 Å². The zero-order valence-corrected chi connectivity index (χ0v) is 13.6. The van der Waals surface area contributed by atoms with Gasteiger partial charge in [-0.15, -0.1) is 0 Å². The summed E-state index contributed by atoms with van der Waals surface area (Å²) < 4.78 is 5.09. The van der Waals surface area contributed by atoms with Crippen LogP contribution in [0.15, 0.2) is 6.20 Å². The molecule has 0 aromatic carbocycles. The highest BCUT2D eigenvalue weighted by molar-refractivity contribution is 5.97. The first kappa shape index (κ1) is 17.4. The number of nitrogens with two attached hydrogens (primary N) is 1. The third kappa shape index (κ3) is 4.39. The van der Waals surface area contributed by atoms with E-state index < -0.39 is 0 Å². The second kappa shape index (κ2) is 7.93. The summed E-state index contributed by atoms with van der Waals surface area (Å²) in [4.78, 5) is 23.0. The van der Waals surface area contributed by atoms with Crippen molar-refractivity contribution in [1.82, 2.24) is 14.9 Å². The number of methoxy groups -OCH3 is 1. The van der Waals surface area contributed by atoms with Crippen molar-refractivity contribution >= 4 is 11.6 Å². The van der Waals surface area contributed by atoms with E-state index >= 15 is 0 Å². The molecule has 118 valence electrons. The van der Waals surface area contributed by atoms with Gasteiger partial charge < -0.3 is 15.4 Å². The Morgan fingerprint density at radius 3 is 2.62 bits per heavy atom. The highest BCUT2D eigenvalue weighted by Crippen LogP contribution is 2.17. The summed E-state index contributed by atoms with van der Waals surface area (Å²) >= 11 is 0. The van der Waals surface area contributed by atoms with Crippen molar-refractivity contribution in [2.75, 3.05) is 26.0 Å². The molecular formula is C15H26N4O2. The molecule has 0 saturated heterocycles. The van der Waals surface area contributed by atoms with Crippen LogP contribution in [0.2, 0.25) is 0 Å². The van der Waals surface area contributed by atoms with Crippen molar-refractivity contribution in [3.63, 3.8) is 0 Å². The van der Waals surface area contributed by atoms with E-state index in [2.05, 4.69) is 9.97 Å². The minimum absolute atomic E-state index is 0.101. The normalized spacial score (nSPS) is 12.5. The molecule has 0 aliphatic heterocycles. The van der Waals surface area contributed by atoms with E-state index in [4.69, 9.17) is 10.5 Å². The Bertz CT molecular complexity index is 477. The highest BCUT2D eigenvalue weighted by atomic mass is 16.5. The monoisotopic (exact) mass is 294 g/mol. The largest absolute Gasteiger partial charge is 0.396 e. The molecule has 0 aliphatic rings. The lowest BCUT2D eigenvalue weighted by Gasteiger charge is -2.28. The number of hydrogen-bond donors (Lipinski definition) is 1. The summed E-state index contributed by atoms with van der Waals surface area (Å²) in [5, 5.41) is 0. The Morgan fingerprint density at radius 1 is 1.43 bits per heavy atom. The Balaban J connectivity index is 3.10. The Morgan fingerprint density at radius 2 is 2.10 bits per heavy atom. The molecule has 0 fully saturated rings. The number of aromatic nitrogens is 2. The van der Waals surface area contributed by atoms with Gasteiger partial charge in [0.05, 0.1) is 18.5 Å². The fourth-order valence-electron chi connectivity index (χ4n) is 1.92. The van der Waals surface area contributed by atoms with Gasteiger partial charge in [0.1, 0.15) is 5.82 Å². The van der Waals surface area contributed by atoms with Gasteiger partial charge in [-0.05, 0) is 13.3 Å². The van der Waals surface area contributed by atoms with Crippen LogP contribution in [-0.2, 0) is 4.74 Å². The average molecular weight is 294 g/mol. The number of anilines is 1. The molecule has 0 radical (unpaired) electrons. The van der Waals surface area contributed by atoms with Crippen molar-refractivity contribution in [1.29, 1.82) is 0 Å². The number of carbonyl (C=O) groups is 1. The first-order chi connectivity index (χ1) is 9.92. The van der Waals surface area contributed by atoms with Crippen LogP contribution in [-0.4, -0.2) is 47.1 Å². The lowest BCUT2D eigenvalue weighted by atomic mass is 10.1. The second-order valence-corrected chi connectivity index (χ2v) is 5.44. The van der Waals surface area contributed by atoms with Gasteiger partial charge in [-0.3, -0.25) is 4.79 Å². The Labute approximate surface area is 126 Å². The van der Waals surface area contributed by atoms with Crippen LogP contribution in [0.3, 0.4) is 0 Å². The molecule has 2 N–H and O–H groups in total. The molecule has 0 saturated carbocycles. The molecule has 1 aromatic rings. The minimum Gasteiger partial charge on any atom is -0.396 e. The summed E-state index contributed by atoms with van der Waals surface area (Å²) in [5.41, 5.74) is 6.49. The number of nitrogen functional groups attached to an aromatic ring is 1. The van der Waals surface area contributed by atoms with E-state index in [1.54, 1.807) is 12.0 Å². The maximum absolute atomic E-state index is 12.7. The number of ether oxygens (including phenoxy) is 1. The maximum atomic E-state index is 12.7. The van der Waals surface area contributed by atoms with Gasteiger partial charge in [-0.1, -0.05) is 20.8 Å². The number of rotatable bonds is 7. The predicted octanol–water partition coefficient (Wildman–Crippen LogP) is 2.07. The van der Waals surface area contributed by atoms with E-state index in [1.165, 1.54) is 6.20 Å². The van der Waals surface area contributed by atoms with Crippen molar-refractivity contribution in [3.05, 3.63) is 17.7 Å². The predicted molar refractivity (Wildman–Crippen MR) is 83.2 cm³/mol. The summed E-state index contributed by atoms with van der Waals surface area (Å²) in [7, 11) is 1.62. The maximum Gasteiger partial charge on any atom is 0.275 e. The van der Waals surface area contributed by atoms with Gasteiger partial charge >= 0.3 is 0 Å². The minimum atomic E-state index is -0.164. The third-order valence-corrected chi connectivity index (χ3v) is 3.47. The quantitative estimate of drug-likeness (QED) is 0.832. The molecule has 1 amide bonds. The number of hydrogen-bond acceptors (Lipinski definition) is 5. The smallest absolute Gasteiger partial charge is 0.275 e. The van der Waals surface area contributed by atoms with Gasteiger partial charge in [-0.2, -0.15) is 0 Å². The lowest BCUT2D eigenvalue weighted by molar-refractivity contribution is 0.0608. The van der Waals surface area contributed by atoms with Gasteiger partial charge in [-0.25, -0.2) is 9.97 Å². The molecular weight excluding hydrogens is 268 g/mol. The molecule has 1 unspecified atom stereocenters. The molecule has 0 spiro atoms. The van der Waals surface area contributed by atoms with Crippen LogP contribution in [0, 0.1) is 0 Å². The third-order valence-electron chi connectivity index (χ3n) is 3.47. The van der Waals surface area contributed by atoms with Crippen molar-refractivity contribution in [2.45, 2.75) is 46.1 Å². The van der Waals surface area contributed by atoms with Crippen molar-refractivity contribution < 1.29 is 9.53 Å². The van der Waals surface area contributed by atoms with Gasteiger partial charge in [0, 0.05) is 25.6 Å². The molecule has 1 rings (SSSR count). The zero-order chi connectivity index (χ0) is 16.0. The van der Waals surface area contributed by atoms with Crippen LogP contribution in [0.1, 0.15) is 56.3 Å². The zero-order valence-electron chi connectivity index (χ0n) is 13.6. The topological polar surface area (TPSA) is 81.3 Å². The van der Waals surface area contributed by atoms with E-state index in [1.807, 2.05) is 27.7 Å². The van der Waals surface area contributed by atoms with Crippen molar-refractivity contribution in [2.24, 2.45) is 0 Å². The first-order valence-electron chi connectivity index (χ1n) is 7.34. The standard InChI is InChI=1S/C15H26N4O2/c1-6-11(4)19(7-8-21-5)15(20)13-12(16)9-17-14(18-13)10(2)3/h9-11H,6-8,16H2,1-5H3. The number of nitrogens with zero attached hydrogens (tertiary/aromatic N) is 3. The Kier molecular flexibility index (Phi) is 6.55. The van der Waals surface area contributed by atoms with Gasteiger partial charge in [0.25, 0.3) is 5.91 Å². The molecule has 0 bridgehead atoms. The van der Waals surface area contributed by atoms with E-state index in [-0.39, 0.29) is 23.6 Å². The molecule has 0 aliphatic carbocycles. The second-order valence-electron chi connectivity index (χ2n) is 5.44. The fraction of sp³-hybridized carbons (Fsp3) is 0.667. The molecule has 1 heterocycles. The fourth-order valence-corrected chi connectivity index (χ4v) is 1.92. The van der Waals surface area contributed by atoms with Crippen LogP contribution < -0.4 is 5.73 Å². The summed E-state index contributed by atoms with van der Waals surface area (Å²) in [5.74, 6) is 0.611. The number of carbonyl (C=O) groups excluding carboxylic acids is 1. The lowest BCUT2D eigenvalue weighted by Crippen LogP contribution is -2.41. The van der Waals surface area contributed by atoms with E-state index in [9.17, 15) is 4.79 Å². The highest BCUT2D eigenvalue weighted by Gasteiger charge is 2.24. The average Bonchev–Trinajstić information content (AvgIpc) is 2.47. The van der Waals surface area contributed by atoms with Crippen LogP contribution in [0.4, 0.5) is 5.69 Å². The summed E-state index contributed by atoms with van der Waals surface area (Å²) in [6.45, 7) is 9.02. The summed E-state index contributed by atoms with van der Waals surface area (Å²) in [6.07, 6.45) is 2.37. The van der Waals surface area contributed by atoms with Crippen molar-refractivity contribution in [3.8, 4) is 0 Å². The molecule has 21 heavy (non-hydrogen) atoms. The van der Waals surface area contributed by atoms with Crippen LogP contribution in [0.25, 0.3) is 0 Å². The Hall–Kier alpha value is -1.69. The van der Waals surface area contributed by atoms with Gasteiger partial charge in [0.15, 0.2) is 5.69 Å². The summed E-state index contributed by atoms with van der Waals surface area (Å²) in [6, 6.07) is 0.101. The molecule has 6 heteroatoms. The van der Waals surface area contributed by atoms with Crippen LogP contribution in [0.5, 0.6) is 0 Å². The molecule has 6 nitrogen and oxygen atoms in total. The SMILES string of the molecule is CCC(C)N(CCOC)C(=O)c1nc(C(C)C)ncc1N. The molecule has 1 aromatic heterocycles. The number of amides is 1. The van der Waals surface area contributed by atoms with E-state index in [0.717, 1.165) is 6.42 Å². The first-order valence-corrected chi connectivity index (χ1v) is 7.34. The van der Waals surface area contributed by atoms with E-state index in [0.29, 0.717) is 24.7 Å².